The molecule has 1 heterocycles. The summed E-state index contributed by atoms with van der Waals surface area (Å²) in [6.07, 6.45) is -5.36. The third-order valence-corrected chi connectivity index (χ3v) is 20.4. The van der Waals surface area contributed by atoms with Crippen LogP contribution in [-0.4, -0.2) is 70.1 Å². The second-order valence-electron chi connectivity index (χ2n) is 12.2. The summed E-state index contributed by atoms with van der Waals surface area (Å²) in [5.41, 5.74) is 1.99. The minimum Gasteiger partial charge on any atom is -0.454 e. The van der Waals surface area contributed by atoms with Gasteiger partial charge in [-0.15, -0.1) is 0 Å². The predicted octanol–water partition coefficient (Wildman–Crippen LogP) is 5.75. The number of ether oxygens (including phenoxy) is 2. The average molecular weight is 535 g/mol. The van der Waals surface area contributed by atoms with Gasteiger partial charge in [-0.2, -0.15) is 0 Å². The van der Waals surface area contributed by atoms with Crippen molar-refractivity contribution < 1.29 is 33.3 Å². The van der Waals surface area contributed by atoms with Gasteiger partial charge < -0.3 is 28.5 Å². The van der Waals surface area contributed by atoms with E-state index in [2.05, 4.69) is 83.1 Å². The number of esters is 1. The molecule has 9 heteroatoms. The van der Waals surface area contributed by atoms with Crippen LogP contribution in [0.5, 0.6) is 0 Å². The number of carbonyl (C=O) groups is 1. The second-order valence-corrected chi connectivity index (χ2v) is 23.0. The van der Waals surface area contributed by atoms with E-state index >= 15 is 0 Å². The molecule has 7 nitrogen and oxygen atoms in total. The first-order valence-electron chi connectivity index (χ1n) is 13.5. The second kappa shape index (κ2) is 13.0. The number of carbonyl (C=O) groups excluding carboxylic acids is 1. The maximum absolute atomic E-state index is 11.7. The van der Waals surface area contributed by atoms with Crippen molar-refractivity contribution in [1.29, 1.82) is 0 Å². The first kappa shape index (κ1) is 32.7. The molecular weight excluding hydrogens is 480 g/mol. The number of aliphatic hydroxyl groups is 2. The van der Waals surface area contributed by atoms with Gasteiger partial charge in [-0.1, -0.05) is 83.1 Å². The highest BCUT2D eigenvalue weighted by Crippen LogP contribution is 2.46. The van der Waals surface area contributed by atoms with E-state index in [4.69, 9.17) is 18.3 Å². The van der Waals surface area contributed by atoms with E-state index in [0.717, 1.165) is 0 Å². The SMILES string of the molecule is CC(=O)O[C@@H]1C(O)O[C@@H](CO[Si](C(C)C)(C(C)C)C(C)C)[C@H](O[Si](C(C)C)(C(C)C)C(C)C)[C@@H]1O. The van der Waals surface area contributed by atoms with Gasteiger partial charge in [-0.3, -0.25) is 4.79 Å². The van der Waals surface area contributed by atoms with Gasteiger partial charge in [0.1, 0.15) is 18.3 Å². The van der Waals surface area contributed by atoms with E-state index < -0.39 is 53.3 Å². The molecule has 2 N–H and O–H groups in total. The third kappa shape index (κ3) is 6.78. The molecule has 0 bridgehead atoms. The van der Waals surface area contributed by atoms with Gasteiger partial charge >= 0.3 is 5.97 Å². The lowest BCUT2D eigenvalue weighted by molar-refractivity contribution is -0.287. The van der Waals surface area contributed by atoms with Crippen LogP contribution in [-0.2, 0) is 23.1 Å². The Labute approximate surface area is 216 Å². The summed E-state index contributed by atoms with van der Waals surface area (Å²) in [7, 11) is -4.66. The summed E-state index contributed by atoms with van der Waals surface area (Å²) < 4.78 is 25.1. The van der Waals surface area contributed by atoms with Gasteiger partial charge in [0.05, 0.1) is 6.61 Å². The van der Waals surface area contributed by atoms with E-state index in [0.29, 0.717) is 16.6 Å². The number of hydrogen-bond donors (Lipinski definition) is 2. The lowest BCUT2D eigenvalue weighted by atomic mass is 9.99. The highest BCUT2D eigenvalue weighted by molar-refractivity contribution is 6.78. The van der Waals surface area contributed by atoms with Crippen LogP contribution in [0.3, 0.4) is 0 Å². The summed E-state index contributed by atoms with van der Waals surface area (Å²) in [6, 6.07) is 0. The van der Waals surface area contributed by atoms with Crippen molar-refractivity contribution in [2.75, 3.05) is 6.61 Å². The van der Waals surface area contributed by atoms with Crippen molar-refractivity contribution in [3.05, 3.63) is 0 Å². The Bertz CT molecular complexity index is 623. The average Bonchev–Trinajstić information content (AvgIpc) is 2.69. The standard InChI is InChI=1S/C26H54O7Si2/c1-15(2)34(16(3)4,17(5)6)30-14-22-24(23(28)25(26(29)32-22)31-21(13)27)33-35(18(7)8,19(9)10)20(11)12/h15-20,22-26,28-29H,14H2,1-13H3/t22-,23-,24-,25-,26?/m0/s1. The zero-order valence-electron chi connectivity index (χ0n) is 24.5. The molecular formula is C26H54O7Si2. The van der Waals surface area contributed by atoms with Crippen molar-refractivity contribution in [1.82, 2.24) is 0 Å². The monoisotopic (exact) mass is 534 g/mol. The Kier molecular flexibility index (Phi) is 12.1. The minimum absolute atomic E-state index is 0.213. The number of aliphatic hydroxyl groups excluding tert-OH is 2. The molecule has 0 aromatic heterocycles. The van der Waals surface area contributed by atoms with Gasteiger partial charge in [-0.05, 0) is 33.2 Å². The quantitative estimate of drug-likeness (QED) is 0.243. The fourth-order valence-electron chi connectivity index (χ4n) is 6.88. The van der Waals surface area contributed by atoms with Gasteiger partial charge in [0.2, 0.25) is 8.32 Å². The summed E-state index contributed by atoms with van der Waals surface area (Å²) in [4.78, 5) is 11.7. The molecule has 5 atom stereocenters. The maximum atomic E-state index is 11.7. The Morgan fingerprint density at radius 1 is 0.743 bits per heavy atom. The summed E-state index contributed by atoms with van der Waals surface area (Å²) in [5, 5.41) is 22.1. The molecule has 1 fully saturated rings. The molecule has 1 aliphatic heterocycles. The molecule has 0 saturated carbocycles. The Morgan fingerprint density at radius 3 is 1.49 bits per heavy atom. The summed E-state index contributed by atoms with van der Waals surface area (Å²) >= 11 is 0. The van der Waals surface area contributed by atoms with Gasteiger partial charge in [0.25, 0.3) is 0 Å². The number of rotatable bonds is 12. The van der Waals surface area contributed by atoms with Crippen molar-refractivity contribution >= 4 is 22.6 Å². The molecule has 1 rings (SSSR count). The van der Waals surface area contributed by atoms with E-state index in [9.17, 15) is 15.0 Å². The van der Waals surface area contributed by atoms with Crippen LogP contribution >= 0.6 is 0 Å². The van der Waals surface area contributed by atoms with Crippen LogP contribution in [0.2, 0.25) is 33.2 Å². The zero-order valence-corrected chi connectivity index (χ0v) is 26.5. The normalized spacial score (nSPS) is 26.6. The molecule has 1 aliphatic rings. The fourth-order valence-corrected chi connectivity index (χ4v) is 17.9. The smallest absolute Gasteiger partial charge is 0.303 e. The fraction of sp³-hybridized carbons (Fsp3) is 0.962. The van der Waals surface area contributed by atoms with Crippen molar-refractivity contribution in [2.45, 2.75) is 154 Å². The highest BCUT2D eigenvalue weighted by Gasteiger charge is 2.55. The number of hydrogen-bond acceptors (Lipinski definition) is 7. The zero-order chi connectivity index (χ0) is 27.5. The van der Waals surface area contributed by atoms with Crippen LogP contribution in [0.1, 0.15) is 90.0 Å². The largest absolute Gasteiger partial charge is 0.454 e. The van der Waals surface area contributed by atoms with Crippen molar-refractivity contribution in [2.24, 2.45) is 0 Å². The van der Waals surface area contributed by atoms with Crippen LogP contribution < -0.4 is 0 Å². The molecule has 0 aromatic rings. The van der Waals surface area contributed by atoms with E-state index in [-0.39, 0.29) is 23.2 Å². The first-order valence-corrected chi connectivity index (χ1v) is 17.7. The molecule has 1 saturated heterocycles. The van der Waals surface area contributed by atoms with Crippen molar-refractivity contribution in [3.63, 3.8) is 0 Å². The highest BCUT2D eigenvalue weighted by atomic mass is 28.4. The van der Waals surface area contributed by atoms with Crippen LogP contribution in [0.15, 0.2) is 0 Å². The lowest BCUT2D eigenvalue weighted by Gasteiger charge is -2.51. The third-order valence-electron chi connectivity index (χ3n) is 8.19. The van der Waals surface area contributed by atoms with E-state index in [1.54, 1.807) is 0 Å². The molecule has 0 aromatic carbocycles. The van der Waals surface area contributed by atoms with E-state index in [1.807, 2.05) is 0 Å². The molecule has 0 amide bonds. The Morgan fingerprint density at radius 2 is 1.14 bits per heavy atom. The molecule has 0 aliphatic carbocycles. The topological polar surface area (TPSA) is 94.5 Å². The van der Waals surface area contributed by atoms with Gasteiger partial charge in [0, 0.05) is 6.92 Å². The van der Waals surface area contributed by atoms with E-state index in [1.165, 1.54) is 6.92 Å². The van der Waals surface area contributed by atoms with Crippen molar-refractivity contribution in [3.8, 4) is 0 Å². The molecule has 1 unspecified atom stereocenters. The lowest BCUT2D eigenvalue weighted by Crippen LogP contribution is -2.65. The molecule has 0 spiro atoms. The minimum atomic E-state index is -2.44. The van der Waals surface area contributed by atoms with Gasteiger partial charge in [-0.25, -0.2) is 0 Å². The Hall–Kier alpha value is -0.296. The summed E-state index contributed by atoms with van der Waals surface area (Å²) in [6.45, 7) is 27.9. The van der Waals surface area contributed by atoms with Gasteiger partial charge in [0.15, 0.2) is 20.7 Å². The summed E-state index contributed by atoms with van der Waals surface area (Å²) in [5.74, 6) is -0.587. The Balaban J connectivity index is 3.48. The van der Waals surface area contributed by atoms with Crippen LogP contribution in [0.25, 0.3) is 0 Å². The van der Waals surface area contributed by atoms with Crippen LogP contribution in [0.4, 0.5) is 0 Å². The maximum Gasteiger partial charge on any atom is 0.303 e. The first-order chi connectivity index (χ1) is 16.0. The molecule has 208 valence electrons. The molecule has 35 heavy (non-hydrogen) atoms. The van der Waals surface area contributed by atoms with Crippen LogP contribution in [0, 0.1) is 0 Å². The molecule has 0 radical (unpaired) electrons. The predicted molar refractivity (Wildman–Crippen MR) is 145 cm³/mol.